The Morgan fingerprint density at radius 2 is 2.50 bits per heavy atom. The zero-order valence-electron chi connectivity index (χ0n) is 16.6. The van der Waals surface area contributed by atoms with E-state index in [9.17, 15) is 0 Å². The van der Waals surface area contributed by atoms with Crippen molar-refractivity contribution in [3.63, 3.8) is 0 Å². The van der Waals surface area contributed by atoms with Crippen LogP contribution in [-0.4, -0.2) is 24.5 Å². The molecule has 74 valence electrons. The van der Waals surface area contributed by atoms with Crippen molar-refractivity contribution in [2.24, 2.45) is 0 Å². The summed E-state index contributed by atoms with van der Waals surface area (Å²) in [6, 6.07) is 5.63. The Kier molecular flexibility index (Phi) is 1.45. The molecule has 0 radical (unpaired) electrons. The summed E-state index contributed by atoms with van der Waals surface area (Å²) in [5.41, 5.74) is 0.0641. The van der Waals surface area contributed by atoms with Gasteiger partial charge in [-0.15, -0.1) is 6.40 Å². The third-order valence-electron chi connectivity index (χ3n) is 1.64. The van der Waals surface area contributed by atoms with Gasteiger partial charge in [0.1, 0.15) is 1.37 Å². The van der Waals surface area contributed by atoms with Crippen LogP contribution in [0, 0.1) is 12.3 Å². The molecule has 0 amide bonds. The largest absolute Gasteiger partial charge is 0.292 e. The van der Waals surface area contributed by atoms with Crippen LogP contribution in [0.4, 0.5) is 0 Å². The van der Waals surface area contributed by atoms with E-state index in [0.29, 0.717) is 4.90 Å². The van der Waals surface area contributed by atoms with Crippen LogP contribution in [0.5, 0.6) is 0 Å². The van der Waals surface area contributed by atoms with Crippen molar-refractivity contribution in [1.82, 2.24) is 4.90 Å². The summed E-state index contributed by atoms with van der Waals surface area (Å²) in [7, 11) is 0. The molecule has 1 rings (SSSR count). The van der Waals surface area contributed by atoms with Gasteiger partial charge in [-0.2, -0.15) is 0 Å². The van der Waals surface area contributed by atoms with Crippen molar-refractivity contribution in [2.45, 2.75) is 19.3 Å². The van der Waals surface area contributed by atoms with Crippen LogP contribution >= 0.6 is 0 Å². The molecule has 0 saturated heterocycles. The number of terminal acetylenes is 1. The second-order valence-corrected chi connectivity index (χ2v) is 2.72. The second-order valence-electron chi connectivity index (χ2n) is 2.72. The standard InChI is InChI=1S/C13H17N/c1-4-10-14(3)12(2)11-13-8-6-5-7-9-13/h1,5-9,12H,10-11H2,2-3H3/t12-/m1/s1/i1D,2D3,3D3,11D2. The smallest absolute Gasteiger partial charge is 0.124 e. The minimum Gasteiger partial charge on any atom is -0.292 e. The Balaban J connectivity index is 3.45. The lowest BCUT2D eigenvalue weighted by Gasteiger charge is -2.22. The Labute approximate surface area is 99.4 Å². The summed E-state index contributed by atoms with van der Waals surface area (Å²) in [4.78, 5) is 0.522. The molecule has 1 aromatic rings. The number of rotatable bonds is 4. The maximum atomic E-state index is 8.25. The summed E-state index contributed by atoms with van der Waals surface area (Å²) in [5.74, 6) is 2.20. The van der Waals surface area contributed by atoms with E-state index in [-0.39, 0.29) is 5.56 Å². The van der Waals surface area contributed by atoms with E-state index in [4.69, 9.17) is 12.3 Å². The number of benzene rings is 1. The molecule has 0 spiro atoms. The van der Waals surface area contributed by atoms with Crippen molar-refractivity contribution in [2.75, 3.05) is 13.5 Å². The maximum Gasteiger partial charge on any atom is 0.124 e. The monoisotopic (exact) mass is 196 g/mol. The van der Waals surface area contributed by atoms with Crippen LogP contribution in [0.3, 0.4) is 0 Å². The lowest BCUT2D eigenvalue weighted by Crippen LogP contribution is -2.31. The van der Waals surface area contributed by atoms with E-state index in [2.05, 4.69) is 5.92 Å². The fourth-order valence-electron chi connectivity index (χ4n) is 0.947. The molecule has 0 heterocycles. The van der Waals surface area contributed by atoms with Crippen molar-refractivity contribution >= 4 is 0 Å². The molecule has 1 atom stereocenters. The van der Waals surface area contributed by atoms with Crippen LogP contribution in [-0.2, 0) is 6.37 Å². The predicted octanol–water partition coefficient (Wildman–Crippen LogP) is 2.18. The lowest BCUT2D eigenvalue weighted by atomic mass is 10.1. The zero-order valence-corrected chi connectivity index (χ0v) is 7.62. The van der Waals surface area contributed by atoms with Crippen molar-refractivity contribution < 1.29 is 12.3 Å². The van der Waals surface area contributed by atoms with Crippen LogP contribution in [0.2, 0.25) is 0 Å². The van der Waals surface area contributed by atoms with E-state index < -0.39 is 32.8 Å². The molecule has 1 aromatic carbocycles. The number of hydrogen-bond donors (Lipinski definition) is 0. The van der Waals surface area contributed by atoms with Gasteiger partial charge < -0.3 is 0 Å². The van der Waals surface area contributed by atoms with Crippen molar-refractivity contribution in [3.8, 4) is 12.3 Å². The molecule has 0 fully saturated rings. The highest BCUT2D eigenvalue weighted by Gasteiger charge is 2.07. The third-order valence-corrected chi connectivity index (χ3v) is 1.64. The Bertz CT molecular complexity index is 565. The molecule has 0 aliphatic heterocycles. The minimum absolute atomic E-state index is 0.0641. The SMILES string of the molecule is [2H]C#CCN([C@H](C([2H])([2H])[2H])C([2H])([2H])c1ccccc1)C([2H])([2H])[2H]. The average Bonchev–Trinajstić information content (AvgIpc) is 2.41. The highest BCUT2D eigenvalue weighted by Crippen LogP contribution is 2.06. The maximum absolute atomic E-state index is 8.25. The molecular weight excluding hydrogens is 170 g/mol. The van der Waals surface area contributed by atoms with Gasteiger partial charge in [0.25, 0.3) is 0 Å². The Morgan fingerprint density at radius 3 is 3.14 bits per heavy atom. The minimum atomic E-state index is -2.91. The topological polar surface area (TPSA) is 3.24 Å². The van der Waals surface area contributed by atoms with Gasteiger partial charge in [-0.1, -0.05) is 36.3 Å². The summed E-state index contributed by atoms with van der Waals surface area (Å²) in [5, 5.41) is 0. The van der Waals surface area contributed by atoms with Gasteiger partial charge in [-0.3, -0.25) is 4.90 Å². The van der Waals surface area contributed by atoms with Gasteiger partial charge in [0.15, 0.2) is 0 Å². The summed E-state index contributed by atoms with van der Waals surface area (Å²) in [6.07, 6.45) is -0.684. The molecule has 0 saturated carbocycles. The number of nitrogens with zero attached hydrogens (tertiary/aromatic N) is 1. The lowest BCUT2D eigenvalue weighted by molar-refractivity contribution is 0.287. The Morgan fingerprint density at radius 1 is 1.64 bits per heavy atom. The number of hydrogen-bond acceptors (Lipinski definition) is 1. The van der Waals surface area contributed by atoms with Gasteiger partial charge in [-0.05, 0) is 25.8 Å². The fraction of sp³-hybridized carbons (Fsp3) is 0.385. The third kappa shape index (κ3) is 3.24. The van der Waals surface area contributed by atoms with E-state index >= 15 is 0 Å². The van der Waals surface area contributed by atoms with Gasteiger partial charge in [-0.25, -0.2) is 0 Å². The van der Waals surface area contributed by atoms with Gasteiger partial charge in [0.05, 0.1) is 6.54 Å². The summed E-state index contributed by atoms with van der Waals surface area (Å²) in [6.45, 7) is -6.32. The molecular formula is C13H17N. The highest BCUT2D eigenvalue weighted by atomic mass is 15.1. The predicted molar refractivity (Wildman–Crippen MR) is 61.1 cm³/mol. The molecule has 0 unspecified atom stereocenters. The van der Waals surface area contributed by atoms with Gasteiger partial charge in [0.2, 0.25) is 0 Å². The molecule has 0 aliphatic carbocycles. The normalized spacial score (nSPS) is 24.2. The van der Waals surface area contributed by atoms with Crippen LogP contribution in [0.25, 0.3) is 0 Å². The van der Waals surface area contributed by atoms with E-state index in [0.717, 1.165) is 0 Å². The second kappa shape index (κ2) is 5.47. The van der Waals surface area contributed by atoms with Crippen LogP contribution in [0.1, 0.15) is 24.8 Å². The summed E-state index contributed by atoms with van der Waals surface area (Å²) < 4.78 is 68.8. The van der Waals surface area contributed by atoms with Crippen molar-refractivity contribution in [3.05, 3.63) is 35.9 Å². The fourth-order valence-corrected chi connectivity index (χ4v) is 0.947. The first-order chi connectivity index (χ1) is 10.4. The van der Waals surface area contributed by atoms with Gasteiger partial charge >= 0.3 is 0 Å². The highest BCUT2D eigenvalue weighted by molar-refractivity contribution is 5.15. The molecule has 1 nitrogen and oxygen atoms in total. The first-order valence-electron chi connectivity index (χ1n) is 8.64. The summed E-state index contributed by atoms with van der Waals surface area (Å²) >= 11 is 0. The zero-order chi connectivity index (χ0) is 17.9. The van der Waals surface area contributed by atoms with E-state index in [1.807, 2.05) is 0 Å². The van der Waals surface area contributed by atoms with E-state index in [1.54, 1.807) is 24.6 Å². The van der Waals surface area contributed by atoms with Crippen LogP contribution < -0.4 is 0 Å². The van der Waals surface area contributed by atoms with Gasteiger partial charge in [0, 0.05) is 17.0 Å². The molecule has 14 heavy (non-hydrogen) atoms. The molecule has 1 heteroatoms. The molecule has 0 aromatic heterocycles. The first-order valence-corrected chi connectivity index (χ1v) is 4.14. The first kappa shape index (κ1) is 3.72. The average molecular weight is 196 g/mol. The quantitative estimate of drug-likeness (QED) is 0.667. The molecule has 0 N–H and O–H groups in total. The molecule has 0 aliphatic rings. The molecule has 0 bridgehead atoms. The van der Waals surface area contributed by atoms with Crippen molar-refractivity contribution in [1.29, 1.82) is 0 Å². The van der Waals surface area contributed by atoms with E-state index in [1.165, 1.54) is 12.1 Å². The number of likely N-dealkylation sites (N-methyl/N-ethyl adjacent to an activating group) is 1. The van der Waals surface area contributed by atoms with Crippen LogP contribution in [0.15, 0.2) is 30.3 Å². The Hall–Kier alpha value is -1.26.